The lowest BCUT2D eigenvalue weighted by molar-refractivity contribution is -0.132. The van der Waals surface area contributed by atoms with Gasteiger partial charge in [0.25, 0.3) is 0 Å². The van der Waals surface area contributed by atoms with E-state index in [0.29, 0.717) is 6.61 Å². The molecule has 0 saturated carbocycles. The zero-order valence-corrected chi connectivity index (χ0v) is 9.84. The summed E-state index contributed by atoms with van der Waals surface area (Å²) in [5.74, 6) is -0.0552. The van der Waals surface area contributed by atoms with Gasteiger partial charge in [-0.1, -0.05) is 0 Å². The maximum Gasteiger partial charge on any atom is 0.246 e. The first-order valence-electron chi connectivity index (χ1n) is 5.48. The average molecular weight is 215 g/mol. The molecule has 1 aliphatic rings. The fraction of sp³-hybridized carbons (Fsp3) is 0.909. The Labute approximate surface area is 91.3 Å². The number of amides is 1. The minimum atomic E-state index is -0.263. The third-order valence-corrected chi connectivity index (χ3v) is 2.16. The van der Waals surface area contributed by atoms with E-state index in [1.54, 1.807) is 0 Å². The van der Waals surface area contributed by atoms with Gasteiger partial charge in [0.1, 0.15) is 6.61 Å². The molecule has 0 aliphatic carbocycles. The van der Waals surface area contributed by atoms with Crippen molar-refractivity contribution in [2.75, 3.05) is 19.8 Å². The maximum absolute atomic E-state index is 11.5. The highest BCUT2D eigenvalue weighted by atomic mass is 16.5. The average Bonchev–Trinajstić information content (AvgIpc) is 2.15. The molecule has 0 aromatic carbocycles. The van der Waals surface area contributed by atoms with Crippen molar-refractivity contribution in [3.8, 4) is 0 Å². The van der Waals surface area contributed by atoms with Gasteiger partial charge in [-0.05, 0) is 33.6 Å². The predicted octanol–water partition coefficient (Wildman–Crippen LogP) is 1.10. The molecule has 1 atom stereocenters. The van der Waals surface area contributed by atoms with E-state index in [1.807, 2.05) is 20.8 Å². The highest BCUT2D eigenvalue weighted by Gasteiger charge is 2.18. The van der Waals surface area contributed by atoms with Gasteiger partial charge in [-0.3, -0.25) is 4.79 Å². The second kappa shape index (κ2) is 5.47. The van der Waals surface area contributed by atoms with Crippen LogP contribution in [0.3, 0.4) is 0 Å². The van der Waals surface area contributed by atoms with Crippen LogP contribution in [0, 0.1) is 0 Å². The summed E-state index contributed by atoms with van der Waals surface area (Å²) < 4.78 is 10.7. The quantitative estimate of drug-likeness (QED) is 0.766. The van der Waals surface area contributed by atoms with Crippen molar-refractivity contribution in [3.05, 3.63) is 0 Å². The first-order chi connectivity index (χ1) is 6.97. The smallest absolute Gasteiger partial charge is 0.246 e. The van der Waals surface area contributed by atoms with E-state index in [9.17, 15) is 4.79 Å². The summed E-state index contributed by atoms with van der Waals surface area (Å²) in [6.45, 7) is 7.37. The summed E-state index contributed by atoms with van der Waals surface area (Å²) in [6.07, 6.45) is 2.02. The Kier molecular flexibility index (Phi) is 4.54. The number of hydrogen-bond acceptors (Lipinski definition) is 3. The van der Waals surface area contributed by atoms with E-state index < -0.39 is 0 Å². The molecular formula is C11H21NO3. The summed E-state index contributed by atoms with van der Waals surface area (Å²) in [5.41, 5.74) is -0.263. The molecule has 1 aliphatic heterocycles. The number of rotatable bonds is 3. The normalized spacial score (nSPS) is 22.5. The van der Waals surface area contributed by atoms with E-state index in [2.05, 4.69) is 5.32 Å². The molecule has 15 heavy (non-hydrogen) atoms. The molecule has 0 radical (unpaired) electrons. The SMILES string of the molecule is CC(C)(C)OCC(=O)NC1CCCOC1. The second-order valence-electron chi connectivity index (χ2n) is 4.88. The monoisotopic (exact) mass is 215 g/mol. The van der Waals surface area contributed by atoms with Crippen LogP contribution in [0.1, 0.15) is 33.6 Å². The number of carbonyl (C=O) groups is 1. The predicted molar refractivity (Wildman–Crippen MR) is 57.7 cm³/mol. The van der Waals surface area contributed by atoms with Crippen LogP contribution >= 0.6 is 0 Å². The molecule has 0 aromatic rings. The van der Waals surface area contributed by atoms with Crippen molar-refractivity contribution < 1.29 is 14.3 Å². The van der Waals surface area contributed by atoms with Crippen molar-refractivity contribution in [1.82, 2.24) is 5.32 Å². The molecule has 1 N–H and O–H groups in total. The van der Waals surface area contributed by atoms with Gasteiger partial charge in [0.2, 0.25) is 5.91 Å². The molecule has 4 heteroatoms. The van der Waals surface area contributed by atoms with Crippen LogP contribution in [-0.4, -0.2) is 37.4 Å². The van der Waals surface area contributed by atoms with Gasteiger partial charge in [0.15, 0.2) is 0 Å². The highest BCUT2D eigenvalue weighted by Crippen LogP contribution is 2.07. The summed E-state index contributed by atoms with van der Waals surface area (Å²) in [5, 5.41) is 2.90. The zero-order chi connectivity index (χ0) is 11.3. The van der Waals surface area contributed by atoms with Gasteiger partial charge in [0, 0.05) is 6.61 Å². The third-order valence-electron chi connectivity index (χ3n) is 2.16. The molecule has 0 aromatic heterocycles. The van der Waals surface area contributed by atoms with Crippen LogP contribution in [0.4, 0.5) is 0 Å². The second-order valence-corrected chi connectivity index (χ2v) is 4.88. The fourth-order valence-corrected chi connectivity index (χ4v) is 1.41. The lowest BCUT2D eigenvalue weighted by atomic mass is 10.1. The van der Waals surface area contributed by atoms with E-state index in [0.717, 1.165) is 19.4 Å². The van der Waals surface area contributed by atoms with Crippen molar-refractivity contribution in [3.63, 3.8) is 0 Å². The van der Waals surface area contributed by atoms with Gasteiger partial charge in [-0.2, -0.15) is 0 Å². The summed E-state index contributed by atoms with van der Waals surface area (Å²) >= 11 is 0. The minimum absolute atomic E-state index is 0.0552. The summed E-state index contributed by atoms with van der Waals surface area (Å²) in [4.78, 5) is 11.5. The van der Waals surface area contributed by atoms with Crippen LogP contribution in [-0.2, 0) is 14.3 Å². The Hall–Kier alpha value is -0.610. The molecule has 1 unspecified atom stereocenters. The van der Waals surface area contributed by atoms with Gasteiger partial charge < -0.3 is 14.8 Å². The topological polar surface area (TPSA) is 47.6 Å². The van der Waals surface area contributed by atoms with Gasteiger partial charge >= 0.3 is 0 Å². The Balaban J connectivity index is 2.17. The van der Waals surface area contributed by atoms with E-state index in [-0.39, 0.29) is 24.2 Å². The molecule has 0 bridgehead atoms. The lowest BCUT2D eigenvalue weighted by Gasteiger charge is -2.24. The Morgan fingerprint density at radius 3 is 2.80 bits per heavy atom. The van der Waals surface area contributed by atoms with Crippen LogP contribution in [0.15, 0.2) is 0 Å². The highest BCUT2D eigenvalue weighted by molar-refractivity contribution is 5.77. The van der Waals surface area contributed by atoms with E-state index in [4.69, 9.17) is 9.47 Å². The molecule has 1 amide bonds. The number of carbonyl (C=O) groups excluding carboxylic acids is 1. The lowest BCUT2D eigenvalue weighted by Crippen LogP contribution is -2.43. The van der Waals surface area contributed by atoms with E-state index in [1.165, 1.54) is 0 Å². The standard InChI is InChI=1S/C11H21NO3/c1-11(2,3)15-8-10(13)12-9-5-4-6-14-7-9/h9H,4-8H2,1-3H3,(H,12,13). The molecule has 1 saturated heterocycles. The molecule has 1 rings (SSSR count). The number of hydrogen-bond donors (Lipinski definition) is 1. The molecular weight excluding hydrogens is 194 g/mol. The van der Waals surface area contributed by atoms with Gasteiger partial charge in [-0.15, -0.1) is 0 Å². The van der Waals surface area contributed by atoms with E-state index >= 15 is 0 Å². The van der Waals surface area contributed by atoms with Gasteiger partial charge in [-0.25, -0.2) is 0 Å². The Bertz CT molecular complexity index is 204. The summed E-state index contributed by atoms with van der Waals surface area (Å²) in [6, 6.07) is 0.162. The Morgan fingerprint density at radius 2 is 2.27 bits per heavy atom. The summed E-state index contributed by atoms with van der Waals surface area (Å²) in [7, 11) is 0. The molecule has 1 fully saturated rings. The first kappa shape index (κ1) is 12.5. The van der Waals surface area contributed by atoms with Crippen LogP contribution in [0.5, 0.6) is 0 Å². The van der Waals surface area contributed by atoms with Crippen LogP contribution in [0.2, 0.25) is 0 Å². The van der Waals surface area contributed by atoms with Crippen LogP contribution < -0.4 is 5.32 Å². The third kappa shape index (κ3) is 5.74. The number of nitrogens with one attached hydrogen (secondary N) is 1. The first-order valence-corrected chi connectivity index (χ1v) is 5.48. The molecule has 88 valence electrons. The van der Waals surface area contributed by atoms with Crippen LogP contribution in [0.25, 0.3) is 0 Å². The fourth-order valence-electron chi connectivity index (χ4n) is 1.41. The maximum atomic E-state index is 11.5. The minimum Gasteiger partial charge on any atom is -0.379 e. The number of ether oxygens (including phenoxy) is 2. The van der Waals surface area contributed by atoms with Gasteiger partial charge in [0.05, 0.1) is 18.2 Å². The van der Waals surface area contributed by atoms with Crippen molar-refractivity contribution >= 4 is 5.91 Å². The largest absolute Gasteiger partial charge is 0.379 e. The Morgan fingerprint density at radius 1 is 1.53 bits per heavy atom. The molecule has 0 spiro atoms. The zero-order valence-electron chi connectivity index (χ0n) is 9.84. The van der Waals surface area contributed by atoms with Crippen molar-refractivity contribution in [1.29, 1.82) is 0 Å². The molecule has 1 heterocycles. The van der Waals surface area contributed by atoms with Crippen molar-refractivity contribution in [2.45, 2.75) is 45.3 Å². The molecule has 4 nitrogen and oxygen atoms in total. The van der Waals surface area contributed by atoms with Crippen molar-refractivity contribution in [2.24, 2.45) is 0 Å².